The molecular weight excluding hydrogens is 384 g/mol. The molecule has 2 N–H and O–H groups in total. The zero-order valence-corrected chi connectivity index (χ0v) is 17.9. The molecule has 8 heteroatoms. The van der Waals surface area contributed by atoms with Gasteiger partial charge in [-0.3, -0.25) is 19.1 Å². The van der Waals surface area contributed by atoms with Crippen LogP contribution in [0.25, 0.3) is 0 Å². The van der Waals surface area contributed by atoms with Crippen LogP contribution in [0.3, 0.4) is 0 Å². The van der Waals surface area contributed by atoms with Crippen LogP contribution in [0.4, 0.5) is 0 Å². The minimum atomic E-state index is -0.715. The number of hydrogen-bond donors (Lipinski definition) is 2. The summed E-state index contributed by atoms with van der Waals surface area (Å²) in [6, 6.07) is 1.82. The maximum absolute atomic E-state index is 12.9. The highest BCUT2D eigenvalue weighted by Gasteiger charge is 2.40. The molecule has 1 aromatic heterocycles. The normalized spacial score (nSPS) is 23.5. The molecule has 2 aliphatic carbocycles. The minimum absolute atomic E-state index is 0.0943. The summed E-state index contributed by atoms with van der Waals surface area (Å²) < 4.78 is 1.66. The number of aryl methyl sites for hydroxylation is 1. The van der Waals surface area contributed by atoms with Gasteiger partial charge in [-0.15, -0.1) is 0 Å². The SMILES string of the molecule is Cn1ccc(CC(=O)/C(=N\NC(=O)CCC2CCC(C(=O)O)CC2)C2(C)CCC2)n1. The second kappa shape index (κ2) is 9.53. The fourth-order valence-corrected chi connectivity index (χ4v) is 4.49. The maximum Gasteiger partial charge on any atom is 0.306 e. The summed E-state index contributed by atoms with van der Waals surface area (Å²) in [6.45, 7) is 2.03. The van der Waals surface area contributed by atoms with E-state index in [9.17, 15) is 14.4 Å². The van der Waals surface area contributed by atoms with E-state index in [0.717, 1.165) is 38.5 Å². The lowest BCUT2D eigenvalue weighted by Gasteiger charge is -2.38. The quantitative estimate of drug-likeness (QED) is 0.475. The summed E-state index contributed by atoms with van der Waals surface area (Å²) in [7, 11) is 1.81. The molecule has 0 aliphatic heterocycles. The van der Waals surface area contributed by atoms with E-state index in [-0.39, 0.29) is 29.4 Å². The Balaban J connectivity index is 1.53. The minimum Gasteiger partial charge on any atom is -0.481 e. The highest BCUT2D eigenvalue weighted by molar-refractivity contribution is 6.42. The lowest BCUT2D eigenvalue weighted by atomic mass is 9.66. The van der Waals surface area contributed by atoms with E-state index in [1.165, 1.54) is 0 Å². The Morgan fingerprint density at radius 3 is 2.50 bits per heavy atom. The zero-order valence-electron chi connectivity index (χ0n) is 17.9. The third-order valence-corrected chi connectivity index (χ3v) is 6.67. The van der Waals surface area contributed by atoms with Crippen LogP contribution in [0, 0.1) is 17.3 Å². The summed E-state index contributed by atoms with van der Waals surface area (Å²) >= 11 is 0. The number of hydrogen-bond acceptors (Lipinski definition) is 5. The number of carbonyl (C=O) groups excluding carboxylic acids is 2. The number of aromatic nitrogens is 2. The van der Waals surface area contributed by atoms with E-state index in [4.69, 9.17) is 5.11 Å². The molecule has 8 nitrogen and oxygen atoms in total. The van der Waals surface area contributed by atoms with Crippen LogP contribution >= 0.6 is 0 Å². The van der Waals surface area contributed by atoms with E-state index in [2.05, 4.69) is 15.6 Å². The molecule has 2 fully saturated rings. The van der Waals surface area contributed by atoms with Crippen LogP contribution in [0.5, 0.6) is 0 Å². The van der Waals surface area contributed by atoms with Crippen molar-refractivity contribution in [3.05, 3.63) is 18.0 Å². The number of ketones is 1. The van der Waals surface area contributed by atoms with Crippen molar-refractivity contribution in [2.45, 2.75) is 71.1 Å². The van der Waals surface area contributed by atoms with Crippen molar-refractivity contribution in [2.24, 2.45) is 29.4 Å². The van der Waals surface area contributed by atoms with Crippen LogP contribution in [0.15, 0.2) is 17.4 Å². The summed E-state index contributed by atoms with van der Waals surface area (Å²) in [5.74, 6) is -0.863. The van der Waals surface area contributed by atoms with Gasteiger partial charge in [-0.1, -0.05) is 13.3 Å². The Kier molecular flexibility index (Phi) is 7.05. The van der Waals surface area contributed by atoms with Crippen molar-refractivity contribution in [3.63, 3.8) is 0 Å². The van der Waals surface area contributed by atoms with Crippen molar-refractivity contribution < 1.29 is 19.5 Å². The third kappa shape index (κ3) is 5.55. The van der Waals surface area contributed by atoms with Gasteiger partial charge in [-0.2, -0.15) is 10.2 Å². The van der Waals surface area contributed by atoms with Gasteiger partial charge in [0.05, 0.1) is 18.0 Å². The number of carboxylic acid groups (broad SMARTS) is 1. The predicted molar refractivity (Wildman–Crippen MR) is 112 cm³/mol. The highest BCUT2D eigenvalue weighted by atomic mass is 16.4. The first-order valence-corrected chi connectivity index (χ1v) is 10.9. The topological polar surface area (TPSA) is 114 Å². The van der Waals surface area contributed by atoms with Crippen LogP contribution in [-0.2, 0) is 27.9 Å². The first-order chi connectivity index (χ1) is 14.3. The number of rotatable bonds is 9. The van der Waals surface area contributed by atoms with Gasteiger partial charge in [-0.05, 0) is 56.9 Å². The number of Topliss-reactive ketones (excluding diaryl/α,β-unsaturated/α-hetero) is 1. The summed E-state index contributed by atoms with van der Waals surface area (Å²) in [5.41, 5.74) is 3.46. The molecule has 3 rings (SSSR count). The Morgan fingerprint density at radius 2 is 1.97 bits per heavy atom. The van der Waals surface area contributed by atoms with Gasteiger partial charge in [0.2, 0.25) is 5.91 Å². The smallest absolute Gasteiger partial charge is 0.306 e. The average molecular weight is 417 g/mol. The van der Waals surface area contributed by atoms with Gasteiger partial charge in [0.25, 0.3) is 0 Å². The molecule has 0 saturated heterocycles. The van der Waals surface area contributed by atoms with Crippen LogP contribution in [0.1, 0.15) is 70.4 Å². The lowest BCUT2D eigenvalue weighted by molar-refractivity contribution is -0.143. The largest absolute Gasteiger partial charge is 0.481 e. The number of amides is 1. The number of nitrogens with zero attached hydrogens (tertiary/aromatic N) is 3. The predicted octanol–water partition coefficient (Wildman–Crippen LogP) is 2.87. The van der Waals surface area contributed by atoms with Crippen molar-refractivity contribution in [3.8, 4) is 0 Å². The zero-order chi connectivity index (χ0) is 21.7. The molecule has 30 heavy (non-hydrogen) atoms. The van der Waals surface area contributed by atoms with E-state index < -0.39 is 5.97 Å². The molecule has 0 aromatic carbocycles. The molecule has 2 aliphatic rings. The molecule has 0 radical (unpaired) electrons. The fourth-order valence-electron chi connectivity index (χ4n) is 4.49. The fraction of sp³-hybridized carbons (Fsp3) is 0.682. The summed E-state index contributed by atoms with van der Waals surface area (Å²) in [4.78, 5) is 36.3. The second-order valence-corrected chi connectivity index (χ2v) is 9.08. The monoisotopic (exact) mass is 416 g/mol. The van der Waals surface area contributed by atoms with E-state index in [1.807, 2.05) is 20.0 Å². The Bertz CT molecular complexity index is 817. The van der Waals surface area contributed by atoms with E-state index >= 15 is 0 Å². The summed E-state index contributed by atoms with van der Waals surface area (Å²) in [6.07, 6.45) is 8.94. The lowest BCUT2D eigenvalue weighted by Crippen LogP contribution is -2.42. The first-order valence-electron chi connectivity index (χ1n) is 10.9. The van der Waals surface area contributed by atoms with Crippen LogP contribution in [0.2, 0.25) is 0 Å². The number of hydrazone groups is 1. The Labute approximate surface area is 177 Å². The van der Waals surface area contributed by atoms with E-state index in [0.29, 0.717) is 36.6 Å². The first kappa shape index (κ1) is 22.2. The van der Waals surface area contributed by atoms with Crippen molar-refractivity contribution >= 4 is 23.4 Å². The van der Waals surface area contributed by atoms with Crippen molar-refractivity contribution in [2.75, 3.05) is 0 Å². The molecule has 0 bridgehead atoms. The van der Waals surface area contributed by atoms with Gasteiger partial charge < -0.3 is 5.11 Å². The molecular formula is C22H32N4O4. The van der Waals surface area contributed by atoms with E-state index in [1.54, 1.807) is 10.9 Å². The van der Waals surface area contributed by atoms with Gasteiger partial charge in [-0.25, -0.2) is 5.43 Å². The van der Waals surface area contributed by atoms with Crippen molar-refractivity contribution in [1.29, 1.82) is 0 Å². The van der Waals surface area contributed by atoms with Crippen molar-refractivity contribution in [1.82, 2.24) is 15.2 Å². The van der Waals surface area contributed by atoms with Gasteiger partial charge in [0.15, 0.2) is 5.78 Å². The van der Waals surface area contributed by atoms with Gasteiger partial charge in [0, 0.05) is 25.1 Å². The number of nitrogens with one attached hydrogen (secondary N) is 1. The maximum atomic E-state index is 12.9. The molecule has 0 spiro atoms. The van der Waals surface area contributed by atoms with Gasteiger partial charge >= 0.3 is 5.97 Å². The Hall–Kier alpha value is -2.51. The van der Waals surface area contributed by atoms with Crippen LogP contribution < -0.4 is 5.43 Å². The molecule has 164 valence electrons. The molecule has 1 heterocycles. The van der Waals surface area contributed by atoms with Crippen LogP contribution in [-0.4, -0.2) is 38.3 Å². The number of carbonyl (C=O) groups is 3. The molecule has 1 aromatic rings. The Morgan fingerprint density at radius 1 is 1.27 bits per heavy atom. The molecule has 2 saturated carbocycles. The number of aliphatic carboxylic acids is 1. The molecule has 0 unspecified atom stereocenters. The molecule has 1 amide bonds. The highest BCUT2D eigenvalue weighted by Crippen LogP contribution is 2.42. The second-order valence-electron chi connectivity index (χ2n) is 9.08. The third-order valence-electron chi connectivity index (χ3n) is 6.67. The molecule has 0 atom stereocenters. The standard InChI is InChI=1S/C22H32N4O4/c1-22(11-3-12-22)20(18(27)14-17-10-13-26(2)25-17)24-23-19(28)9-6-15-4-7-16(8-5-15)21(29)30/h10,13,15-16H,3-9,11-12,14H2,1-2H3,(H,23,28)(H,29,30)/b24-20+. The summed E-state index contributed by atoms with van der Waals surface area (Å²) in [5, 5.41) is 17.6. The number of carboxylic acids is 1. The average Bonchev–Trinajstić information content (AvgIpc) is 3.09. The van der Waals surface area contributed by atoms with Gasteiger partial charge in [0.1, 0.15) is 5.71 Å².